The van der Waals surface area contributed by atoms with E-state index in [1.54, 1.807) is 0 Å². The number of nitriles is 1. The zero-order valence-corrected chi connectivity index (χ0v) is 10.7. The molecule has 1 aromatic carbocycles. The molecule has 0 aliphatic carbocycles. The number of allylic oxidation sites excluding steroid dienone is 1. The Morgan fingerprint density at radius 1 is 1.24 bits per heavy atom. The average Bonchev–Trinajstić information content (AvgIpc) is 2.59. The van der Waals surface area contributed by atoms with Gasteiger partial charge in [0, 0.05) is 18.9 Å². The van der Waals surface area contributed by atoms with E-state index < -0.39 is 0 Å². The summed E-state index contributed by atoms with van der Waals surface area (Å²) in [5, 5.41) is 9.17. The van der Waals surface area contributed by atoms with Crippen LogP contribution in [0.5, 0.6) is 0 Å². The van der Waals surface area contributed by atoms with E-state index in [1.165, 1.54) is 11.1 Å². The SMILES string of the molecule is Cc1ccc(N2C(C#N)=CN(C)[C@@H]2C)cc1C. The fourth-order valence-electron chi connectivity index (χ4n) is 2.06. The molecule has 0 radical (unpaired) electrons. The lowest BCUT2D eigenvalue weighted by atomic mass is 10.1. The highest BCUT2D eigenvalue weighted by molar-refractivity contribution is 5.60. The fourth-order valence-corrected chi connectivity index (χ4v) is 2.06. The van der Waals surface area contributed by atoms with E-state index in [4.69, 9.17) is 0 Å². The summed E-state index contributed by atoms with van der Waals surface area (Å²) >= 11 is 0. The summed E-state index contributed by atoms with van der Waals surface area (Å²) in [5.74, 6) is 0. The minimum absolute atomic E-state index is 0.187. The van der Waals surface area contributed by atoms with Gasteiger partial charge in [0.05, 0.1) is 0 Å². The first-order chi connectivity index (χ1) is 8.04. The zero-order valence-electron chi connectivity index (χ0n) is 10.7. The predicted molar refractivity (Wildman–Crippen MR) is 69.3 cm³/mol. The van der Waals surface area contributed by atoms with Gasteiger partial charge in [-0.2, -0.15) is 5.26 Å². The van der Waals surface area contributed by atoms with E-state index in [0.29, 0.717) is 5.70 Å². The number of benzene rings is 1. The van der Waals surface area contributed by atoms with Crippen molar-refractivity contribution in [3.63, 3.8) is 0 Å². The van der Waals surface area contributed by atoms with Crippen LogP contribution >= 0.6 is 0 Å². The third-order valence-corrected chi connectivity index (χ3v) is 3.43. The first-order valence-corrected chi connectivity index (χ1v) is 5.75. The Hall–Kier alpha value is -1.95. The standard InChI is InChI=1S/C14H17N3/c1-10-5-6-13(7-11(10)2)17-12(3)16(4)9-14(17)8-15/h5-7,9,12H,1-4H3/t12-/m0/s1. The van der Waals surface area contributed by atoms with Crippen LogP contribution in [0.4, 0.5) is 5.69 Å². The summed E-state index contributed by atoms with van der Waals surface area (Å²) in [4.78, 5) is 4.11. The van der Waals surface area contributed by atoms with Crippen molar-refractivity contribution in [2.75, 3.05) is 11.9 Å². The van der Waals surface area contributed by atoms with Crippen LogP contribution in [0.25, 0.3) is 0 Å². The van der Waals surface area contributed by atoms with E-state index in [0.717, 1.165) is 5.69 Å². The first kappa shape index (κ1) is 11.5. The molecular weight excluding hydrogens is 210 g/mol. The number of anilines is 1. The van der Waals surface area contributed by atoms with Crippen molar-refractivity contribution in [2.45, 2.75) is 26.9 Å². The maximum absolute atomic E-state index is 9.17. The summed E-state index contributed by atoms with van der Waals surface area (Å²) < 4.78 is 0. The third-order valence-electron chi connectivity index (χ3n) is 3.43. The highest BCUT2D eigenvalue weighted by Crippen LogP contribution is 2.29. The van der Waals surface area contributed by atoms with Gasteiger partial charge in [-0.05, 0) is 44.0 Å². The van der Waals surface area contributed by atoms with Gasteiger partial charge >= 0.3 is 0 Å². The molecule has 1 aliphatic rings. The zero-order chi connectivity index (χ0) is 12.6. The normalized spacial score (nSPS) is 19.2. The van der Waals surface area contributed by atoms with Crippen LogP contribution in [-0.2, 0) is 0 Å². The Kier molecular flexibility index (Phi) is 2.81. The molecule has 2 rings (SSSR count). The van der Waals surface area contributed by atoms with Crippen LogP contribution in [-0.4, -0.2) is 18.1 Å². The fraction of sp³-hybridized carbons (Fsp3) is 0.357. The molecule has 0 unspecified atom stereocenters. The molecule has 3 nitrogen and oxygen atoms in total. The van der Waals surface area contributed by atoms with Crippen molar-refractivity contribution in [1.82, 2.24) is 4.90 Å². The Balaban J connectivity index is 2.43. The van der Waals surface area contributed by atoms with Crippen LogP contribution in [0.3, 0.4) is 0 Å². The summed E-state index contributed by atoms with van der Waals surface area (Å²) in [6.07, 6.45) is 2.08. The molecule has 1 atom stereocenters. The molecular formula is C14H17N3. The van der Waals surface area contributed by atoms with Gasteiger partial charge in [-0.15, -0.1) is 0 Å². The molecule has 1 heterocycles. The quantitative estimate of drug-likeness (QED) is 0.739. The van der Waals surface area contributed by atoms with Crippen molar-refractivity contribution in [2.24, 2.45) is 0 Å². The molecule has 0 fully saturated rings. The van der Waals surface area contributed by atoms with Crippen LogP contribution in [0.15, 0.2) is 30.1 Å². The van der Waals surface area contributed by atoms with Crippen LogP contribution in [0, 0.1) is 25.2 Å². The van der Waals surface area contributed by atoms with Crippen LogP contribution in [0.1, 0.15) is 18.1 Å². The molecule has 1 aliphatic heterocycles. The maximum Gasteiger partial charge on any atom is 0.138 e. The molecule has 0 amide bonds. The van der Waals surface area contributed by atoms with E-state index in [9.17, 15) is 5.26 Å². The van der Waals surface area contributed by atoms with Gasteiger partial charge in [-0.3, -0.25) is 0 Å². The third kappa shape index (κ3) is 1.87. The lowest BCUT2D eigenvalue weighted by Crippen LogP contribution is -2.35. The molecule has 0 saturated carbocycles. The highest BCUT2D eigenvalue weighted by Gasteiger charge is 2.27. The molecule has 0 aromatic heterocycles. The monoisotopic (exact) mass is 227 g/mol. The number of nitrogens with zero attached hydrogens (tertiary/aromatic N) is 3. The lowest BCUT2D eigenvalue weighted by molar-refractivity contribution is 0.383. The number of aryl methyl sites for hydroxylation is 2. The van der Waals surface area contributed by atoms with Gasteiger partial charge in [0.2, 0.25) is 0 Å². The van der Waals surface area contributed by atoms with Crippen molar-refractivity contribution in [3.8, 4) is 6.07 Å². The molecule has 0 saturated heterocycles. The second kappa shape index (κ2) is 4.14. The summed E-state index contributed by atoms with van der Waals surface area (Å²) in [6, 6.07) is 8.56. The Labute approximate surface area is 103 Å². The molecule has 0 bridgehead atoms. The Morgan fingerprint density at radius 3 is 2.53 bits per heavy atom. The van der Waals surface area contributed by atoms with Crippen LogP contribution in [0.2, 0.25) is 0 Å². The lowest BCUT2D eigenvalue weighted by Gasteiger charge is -2.28. The summed E-state index contributed by atoms with van der Waals surface area (Å²) in [7, 11) is 1.99. The van der Waals surface area contributed by atoms with Crippen molar-refractivity contribution in [1.29, 1.82) is 5.26 Å². The van der Waals surface area contributed by atoms with Gasteiger partial charge < -0.3 is 9.80 Å². The Bertz CT molecular complexity index is 511. The Morgan fingerprint density at radius 2 is 1.94 bits per heavy atom. The van der Waals surface area contributed by atoms with E-state index in [1.807, 2.05) is 18.1 Å². The van der Waals surface area contributed by atoms with E-state index in [2.05, 4.69) is 49.9 Å². The molecule has 1 aromatic rings. The molecule has 88 valence electrons. The van der Waals surface area contributed by atoms with Gasteiger partial charge in [-0.1, -0.05) is 6.07 Å². The second-order valence-electron chi connectivity index (χ2n) is 4.56. The highest BCUT2D eigenvalue weighted by atomic mass is 15.4. The minimum Gasteiger partial charge on any atom is -0.358 e. The molecule has 0 spiro atoms. The summed E-state index contributed by atoms with van der Waals surface area (Å²) in [6.45, 7) is 6.29. The van der Waals surface area contributed by atoms with Gasteiger partial charge in [0.15, 0.2) is 0 Å². The maximum atomic E-state index is 9.17. The van der Waals surface area contributed by atoms with Gasteiger partial charge in [0.1, 0.15) is 17.9 Å². The second-order valence-corrected chi connectivity index (χ2v) is 4.56. The van der Waals surface area contributed by atoms with Gasteiger partial charge in [-0.25, -0.2) is 0 Å². The molecule has 17 heavy (non-hydrogen) atoms. The molecule has 0 N–H and O–H groups in total. The number of rotatable bonds is 1. The summed E-state index contributed by atoms with van der Waals surface area (Å²) in [5.41, 5.74) is 4.30. The van der Waals surface area contributed by atoms with Crippen LogP contribution < -0.4 is 4.90 Å². The van der Waals surface area contributed by atoms with E-state index >= 15 is 0 Å². The number of hydrogen-bond acceptors (Lipinski definition) is 3. The van der Waals surface area contributed by atoms with Gasteiger partial charge in [0.25, 0.3) is 0 Å². The predicted octanol–water partition coefficient (Wildman–Crippen LogP) is 2.77. The molecule has 3 heteroatoms. The van der Waals surface area contributed by atoms with Crippen molar-refractivity contribution < 1.29 is 0 Å². The van der Waals surface area contributed by atoms with Crippen molar-refractivity contribution in [3.05, 3.63) is 41.2 Å². The first-order valence-electron chi connectivity index (χ1n) is 5.75. The smallest absolute Gasteiger partial charge is 0.138 e. The minimum atomic E-state index is 0.187. The van der Waals surface area contributed by atoms with Crippen molar-refractivity contribution >= 4 is 5.69 Å². The van der Waals surface area contributed by atoms with E-state index in [-0.39, 0.29) is 6.17 Å². The topological polar surface area (TPSA) is 30.3 Å². The average molecular weight is 227 g/mol. The largest absolute Gasteiger partial charge is 0.358 e. The number of hydrogen-bond donors (Lipinski definition) is 0.